The Kier molecular flexibility index (Phi) is 7.42. The van der Waals surface area contributed by atoms with Crippen molar-refractivity contribution in [2.45, 2.75) is 25.8 Å². The van der Waals surface area contributed by atoms with Gasteiger partial charge in [0.15, 0.2) is 0 Å². The first-order chi connectivity index (χ1) is 15.7. The number of nitrogens with zero attached hydrogens (tertiary/aromatic N) is 4. The first-order valence-electron chi connectivity index (χ1n) is 10.7. The molecule has 1 aliphatic heterocycles. The molecule has 1 unspecified atom stereocenters. The lowest BCUT2D eigenvalue weighted by molar-refractivity contribution is -0.132. The van der Waals surface area contributed by atoms with Gasteiger partial charge in [-0.1, -0.05) is 18.2 Å². The Balaban J connectivity index is 1.48. The van der Waals surface area contributed by atoms with E-state index in [-0.39, 0.29) is 12.0 Å². The summed E-state index contributed by atoms with van der Waals surface area (Å²) in [6, 6.07) is 15.7. The van der Waals surface area contributed by atoms with Crippen LogP contribution >= 0.6 is 0 Å². The number of ether oxygens (including phenoxy) is 2. The molecule has 4 rings (SSSR count). The van der Waals surface area contributed by atoms with Gasteiger partial charge in [0.05, 0.1) is 26.4 Å². The van der Waals surface area contributed by atoms with Crippen molar-refractivity contribution in [3.63, 3.8) is 0 Å². The van der Waals surface area contributed by atoms with Gasteiger partial charge in [-0.2, -0.15) is 0 Å². The van der Waals surface area contributed by atoms with Crippen molar-refractivity contribution in [2.75, 3.05) is 26.7 Å². The molecule has 1 aliphatic rings. The topological polar surface area (TPSA) is 67.8 Å². The highest BCUT2D eigenvalue weighted by atomic mass is 16.5. The number of aromatic nitrogens is 2. The number of amides is 1. The monoisotopic (exact) mass is 432 g/mol. The van der Waals surface area contributed by atoms with E-state index in [0.29, 0.717) is 39.3 Å². The maximum absolute atomic E-state index is 13.1. The van der Waals surface area contributed by atoms with Gasteiger partial charge in [-0.15, -0.1) is 0 Å². The lowest BCUT2D eigenvalue weighted by Gasteiger charge is -2.25. The molecule has 0 bridgehead atoms. The highest BCUT2D eigenvalue weighted by molar-refractivity contribution is 5.78. The minimum absolute atomic E-state index is 0.0994. The molecule has 0 aliphatic carbocycles. The zero-order valence-corrected chi connectivity index (χ0v) is 18.3. The van der Waals surface area contributed by atoms with Gasteiger partial charge in [0.2, 0.25) is 5.91 Å². The molecule has 0 spiro atoms. The van der Waals surface area contributed by atoms with E-state index in [1.165, 1.54) is 0 Å². The zero-order chi connectivity index (χ0) is 22.2. The highest BCUT2D eigenvalue weighted by Crippen LogP contribution is 2.18. The average molecular weight is 433 g/mol. The maximum Gasteiger partial charge on any atom is 0.237 e. The van der Waals surface area contributed by atoms with Gasteiger partial charge in [-0.3, -0.25) is 19.7 Å². The molecule has 0 saturated carbocycles. The number of carbonyl (C=O) groups is 1. The van der Waals surface area contributed by atoms with E-state index in [0.717, 1.165) is 22.4 Å². The second-order valence-electron chi connectivity index (χ2n) is 7.94. The third kappa shape index (κ3) is 6.12. The summed E-state index contributed by atoms with van der Waals surface area (Å²) in [7, 11) is 1.65. The summed E-state index contributed by atoms with van der Waals surface area (Å²) in [6.07, 6.45) is 7.01. The first-order valence-corrected chi connectivity index (χ1v) is 10.7. The summed E-state index contributed by atoms with van der Waals surface area (Å²) in [5, 5.41) is 0. The van der Waals surface area contributed by atoms with Crippen molar-refractivity contribution in [1.29, 1.82) is 0 Å². The van der Waals surface area contributed by atoms with Crippen LogP contribution in [-0.2, 0) is 29.2 Å². The highest BCUT2D eigenvalue weighted by Gasteiger charge is 2.28. The number of methoxy groups -OCH3 is 1. The minimum Gasteiger partial charge on any atom is -0.497 e. The number of hydrogen-bond acceptors (Lipinski definition) is 6. The van der Waals surface area contributed by atoms with Crippen LogP contribution in [0.3, 0.4) is 0 Å². The van der Waals surface area contributed by atoms with Crippen LogP contribution in [0.4, 0.5) is 0 Å². The van der Waals surface area contributed by atoms with Crippen molar-refractivity contribution in [1.82, 2.24) is 19.8 Å². The van der Waals surface area contributed by atoms with Crippen molar-refractivity contribution in [3.8, 4) is 5.75 Å². The number of hydrogen-bond donors (Lipinski definition) is 0. The molecule has 1 amide bonds. The van der Waals surface area contributed by atoms with E-state index in [1.807, 2.05) is 59.6 Å². The number of carbonyl (C=O) groups excluding carboxylic acids is 1. The summed E-state index contributed by atoms with van der Waals surface area (Å²) in [5.41, 5.74) is 3.21. The molecule has 3 heterocycles. The molecular weight excluding hydrogens is 404 g/mol. The molecule has 0 N–H and O–H groups in total. The molecule has 7 nitrogen and oxygen atoms in total. The Morgan fingerprint density at radius 2 is 1.69 bits per heavy atom. The van der Waals surface area contributed by atoms with E-state index < -0.39 is 0 Å². The summed E-state index contributed by atoms with van der Waals surface area (Å²) in [4.78, 5) is 25.4. The van der Waals surface area contributed by atoms with Gasteiger partial charge < -0.3 is 14.4 Å². The normalized spacial score (nSPS) is 17.2. The van der Waals surface area contributed by atoms with E-state index >= 15 is 0 Å². The lowest BCUT2D eigenvalue weighted by Crippen LogP contribution is -2.37. The fourth-order valence-corrected chi connectivity index (χ4v) is 3.82. The lowest BCUT2D eigenvalue weighted by atomic mass is 10.2. The van der Waals surface area contributed by atoms with E-state index in [9.17, 15) is 4.79 Å². The van der Waals surface area contributed by atoms with Gasteiger partial charge in [-0.25, -0.2) is 0 Å². The van der Waals surface area contributed by atoms with Crippen molar-refractivity contribution < 1.29 is 14.3 Å². The predicted octanol–water partition coefficient (Wildman–Crippen LogP) is 2.92. The second-order valence-corrected chi connectivity index (χ2v) is 7.94. The fourth-order valence-electron chi connectivity index (χ4n) is 3.82. The van der Waals surface area contributed by atoms with Crippen LogP contribution in [0.25, 0.3) is 0 Å². The Bertz CT molecular complexity index is 983. The van der Waals surface area contributed by atoms with Gasteiger partial charge >= 0.3 is 0 Å². The molecule has 2 aromatic heterocycles. The van der Waals surface area contributed by atoms with Crippen LogP contribution in [-0.4, -0.2) is 58.5 Å². The van der Waals surface area contributed by atoms with Crippen molar-refractivity contribution in [3.05, 3.63) is 90.0 Å². The average Bonchev–Trinajstić information content (AvgIpc) is 2.97. The fraction of sp³-hybridized carbons (Fsp3) is 0.320. The molecule has 32 heavy (non-hydrogen) atoms. The zero-order valence-electron chi connectivity index (χ0n) is 18.3. The van der Waals surface area contributed by atoms with E-state index in [2.05, 4.69) is 14.9 Å². The summed E-state index contributed by atoms with van der Waals surface area (Å²) in [6.45, 7) is 3.25. The molecule has 0 radical (unpaired) electrons. The van der Waals surface area contributed by atoms with E-state index in [1.54, 1.807) is 25.7 Å². The first kappa shape index (κ1) is 21.9. The Morgan fingerprint density at radius 1 is 0.906 bits per heavy atom. The van der Waals surface area contributed by atoms with Crippen LogP contribution in [0.1, 0.15) is 16.7 Å². The molecule has 1 atom stereocenters. The molecule has 1 saturated heterocycles. The Morgan fingerprint density at radius 3 is 2.41 bits per heavy atom. The van der Waals surface area contributed by atoms with Gasteiger partial charge in [0, 0.05) is 51.0 Å². The third-order valence-electron chi connectivity index (χ3n) is 5.49. The van der Waals surface area contributed by atoms with Crippen molar-refractivity contribution >= 4 is 5.91 Å². The minimum atomic E-state index is -0.109. The third-order valence-corrected chi connectivity index (χ3v) is 5.49. The van der Waals surface area contributed by atoms with Gasteiger partial charge in [0.25, 0.3) is 0 Å². The molecule has 7 heteroatoms. The molecule has 3 aromatic rings. The second kappa shape index (κ2) is 10.8. The van der Waals surface area contributed by atoms with Crippen LogP contribution in [0.5, 0.6) is 5.75 Å². The van der Waals surface area contributed by atoms with Crippen LogP contribution in [0.2, 0.25) is 0 Å². The number of pyridine rings is 2. The van der Waals surface area contributed by atoms with Crippen LogP contribution in [0.15, 0.2) is 73.3 Å². The Labute approximate surface area is 188 Å². The Hall–Kier alpha value is -3.29. The quantitative estimate of drug-likeness (QED) is 0.545. The van der Waals surface area contributed by atoms with Gasteiger partial charge in [0.1, 0.15) is 5.75 Å². The van der Waals surface area contributed by atoms with Crippen LogP contribution < -0.4 is 4.74 Å². The van der Waals surface area contributed by atoms with Crippen LogP contribution in [0, 0.1) is 0 Å². The largest absolute Gasteiger partial charge is 0.497 e. The smallest absolute Gasteiger partial charge is 0.237 e. The maximum atomic E-state index is 13.1. The standard InChI is InChI=1S/C25H28N4O3/c1-31-23-6-4-20(5-7-23)15-29-17-24(32-19-22-3-2-10-27-13-22)16-28(18-25(29)30)14-21-8-11-26-12-9-21/h2-13,24H,14-19H2,1H3. The van der Waals surface area contributed by atoms with Gasteiger partial charge in [-0.05, 0) is 47.0 Å². The molecule has 166 valence electrons. The summed E-state index contributed by atoms with van der Waals surface area (Å²) < 4.78 is 11.5. The van der Waals surface area contributed by atoms with Crippen molar-refractivity contribution in [2.24, 2.45) is 0 Å². The molecule has 1 aromatic carbocycles. The molecule has 1 fully saturated rings. The summed E-state index contributed by atoms with van der Waals surface area (Å²) in [5.74, 6) is 0.902. The summed E-state index contributed by atoms with van der Waals surface area (Å²) >= 11 is 0. The van der Waals surface area contributed by atoms with E-state index in [4.69, 9.17) is 9.47 Å². The predicted molar refractivity (Wildman–Crippen MR) is 121 cm³/mol. The molecular formula is C25H28N4O3. The number of rotatable bonds is 8. The number of benzene rings is 1. The SMILES string of the molecule is COc1ccc(CN2CC(OCc3cccnc3)CN(Cc3ccncc3)CC2=O)cc1.